The number of allylic oxidation sites excluding steroid dienone is 2. The lowest BCUT2D eigenvalue weighted by Gasteiger charge is -1.97. The van der Waals surface area contributed by atoms with Crippen molar-refractivity contribution >= 4 is 13.1 Å². The van der Waals surface area contributed by atoms with Crippen LogP contribution < -0.4 is 0 Å². The SMILES string of the molecule is Cc1ccccc1C1=CC=C[P+]1=O. The summed E-state index contributed by atoms with van der Waals surface area (Å²) >= 11 is 0. The molecule has 0 saturated carbocycles. The van der Waals surface area contributed by atoms with Crippen molar-refractivity contribution in [3.8, 4) is 0 Å². The lowest BCUT2D eigenvalue weighted by molar-refractivity contribution is 0.598. The first-order chi connectivity index (χ1) is 6.29. The Morgan fingerprint density at radius 1 is 1.23 bits per heavy atom. The first-order valence-corrected chi connectivity index (χ1v) is 5.53. The Kier molecular flexibility index (Phi) is 2.12. The zero-order chi connectivity index (χ0) is 9.26. The molecule has 1 aliphatic heterocycles. The van der Waals surface area contributed by atoms with Crippen LogP contribution in [0.15, 0.2) is 42.2 Å². The highest BCUT2D eigenvalue weighted by atomic mass is 31.1. The predicted octanol–water partition coefficient (Wildman–Crippen LogP) is 3.69. The van der Waals surface area contributed by atoms with Gasteiger partial charge >= 0.3 is 7.80 Å². The molecule has 1 aliphatic rings. The zero-order valence-corrected chi connectivity index (χ0v) is 8.29. The summed E-state index contributed by atoms with van der Waals surface area (Å²) in [7, 11) is -1.29. The van der Waals surface area contributed by atoms with Crippen LogP contribution >= 0.6 is 7.80 Å². The normalized spacial score (nSPS) is 17.6. The second-order valence-corrected chi connectivity index (χ2v) is 4.47. The van der Waals surface area contributed by atoms with E-state index < -0.39 is 7.80 Å². The van der Waals surface area contributed by atoms with Crippen molar-refractivity contribution in [1.82, 2.24) is 0 Å². The monoisotopic (exact) mass is 189 g/mol. The Balaban J connectivity index is 2.48. The van der Waals surface area contributed by atoms with Gasteiger partial charge in [0.25, 0.3) is 0 Å². The van der Waals surface area contributed by atoms with Gasteiger partial charge in [0.05, 0.1) is 0 Å². The van der Waals surface area contributed by atoms with Gasteiger partial charge in [0.2, 0.25) is 5.31 Å². The van der Waals surface area contributed by atoms with E-state index in [0.29, 0.717) is 0 Å². The van der Waals surface area contributed by atoms with Gasteiger partial charge in [-0.15, -0.1) is 0 Å². The van der Waals surface area contributed by atoms with E-state index in [9.17, 15) is 4.57 Å². The van der Waals surface area contributed by atoms with Gasteiger partial charge in [-0.1, -0.05) is 28.8 Å². The molecule has 1 heterocycles. The largest absolute Gasteiger partial charge is 0.408 e. The molecule has 0 amide bonds. The lowest BCUT2D eigenvalue weighted by Crippen LogP contribution is -1.82. The van der Waals surface area contributed by atoms with Gasteiger partial charge in [0.1, 0.15) is 0 Å². The van der Waals surface area contributed by atoms with Gasteiger partial charge in [-0.2, -0.15) is 0 Å². The van der Waals surface area contributed by atoms with Crippen LogP contribution in [0.25, 0.3) is 5.31 Å². The van der Waals surface area contributed by atoms with Crippen molar-refractivity contribution in [1.29, 1.82) is 0 Å². The van der Waals surface area contributed by atoms with Crippen molar-refractivity contribution in [2.45, 2.75) is 6.92 Å². The molecule has 0 fully saturated rings. The summed E-state index contributed by atoms with van der Waals surface area (Å²) in [4.78, 5) is 0. The van der Waals surface area contributed by atoms with Crippen molar-refractivity contribution in [3.05, 3.63) is 53.4 Å². The van der Waals surface area contributed by atoms with Gasteiger partial charge in [0.15, 0.2) is 5.82 Å². The Morgan fingerprint density at radius 2 is 2.00 bits per heavy atom. The molecule has 0 N–H and O–H groups in total. The summed E-state index contributed by atoms with van der Waals surface area (Å²) in [6.07, 6.45) is 3.79. The van der Waals surface area contributed by atoms with E-state index in [0.717, 1.165) is 10.9 Å². The molecule has 0 bridgehead atoms. The third-order valence-electron chi connectivity index (χ3n) is 2.13. The molecule has 0 spiro atoms. The fourth-order valence-corrected chi connectivity index (χ4v) is 2.56. The molecule has 1 aromatic carbocycles. The van der Waals surface area contributed by atoms with Crippen LogP contribution in [0.3, 0.4) is 0 Å². The first kappa shape index (κ1) is 8.40. The third kappa shape index (κ3) is 1.48. The van der Waals surface area contributed by atoms with Crippen molar-refractivity contribution in [3.63, 3.8) is 0 Å². The molecular weight excluding hydrogens is 179 g/mol. The fourth-order valence-electron chi connectivity index (χ4n) is 1.43. The summed E-state index contributed by atoms with van der Waals surface area (Å²) < 4.78 is 11.5. The molecule has 2 heteroatoms. The second-order valence-electron chi connectivity index (χ2n) is 3.03. The van der Waals surface area contributed by atoms with E-state index in [1.165, 1.54) is 5.56 Å². The number of hydrogen-bond acceptors (Lipinski definition) is 1. The number of hydrogen-bond donors (Lipinski definition) is 0. The highest BCUT2D eigenvalue weighted by molar-refractivity contribution is 7.60. The topological polar surface area (TPSA) is 17.1 Å². The average Bonchev–Trinajstić information content (AvgIpc) is 2.52. The Hall–Kier alpha value is -1.20. The molecule has 1 atom stereocenters. The summed E-state index contributed by atoms with van der Waals surface area (Å²) in [6, 6.07) is 8.03. The van der Waals surface area contributed by atoms with Gasteiger partial charge in [-0.25, -0.2) is 0 Å². The van der Waals surface area contributed by atoms with Crippen LogP contribution in [0, 0.1) is 6.92 Å². The highest BCUT2D eigenvalue weighted by Gasteiger charge is 2.26. The van der Waals surface area contributed by atoms with E-state index >= 15 is 0 Å². The lowest BCUT2D eigenvalue weighted by atomic mass is 10.1. The second kappa shape index (κ2) is 3.27. The number of rotatable bonds is 1. The summed E-state index contributed by atoms with van der Waals surface area (Å²) in [5.74, 6) is 1.75. The minimum Gasteiger partial charge on any atom is -0.0620 e. The van der Waals surface area contributed by atoms with Crippen LogP contribution in [0.5, 0.6) is 0 Å². The molecular formula is C11H10OP+. The Morgan fingerprint density at radius 3 is 2.62 bits per heavy atom. The fraction of sp³-hybridized carbons (Fsp3) is 0.0909. The highest BCUT2D eigenvalue weighted by Crippen LogP contribution is 2.45. The van der Waals surface area contributed by atoms with Gasteiger partial charge in [-0.3, -0.25) is 0 Å². The van der Waals surface area contributed by atoms with Crippen molar-refractivity contribution in [2.24, 2.45) is 0 Å². The maximum absolute atomic E-state index is 11.5. The number of benzene rings is 1. The Bertz CT molecular complexity index is 416. The van der Waals surface area contributed by atoms with Crippen LogP contribution in [0.1, 0.15) is 11.1 Å². The third-order valence-corrected chi connectivity index (χ3v) is 3.44. The molecule has 13 heavy (non-hydrogen) atoms. The van der Waals surface area contributed by atoms with E-state index in [2.05, 4.69) is 0 Å². The zero-order valence-electron chi connectivity index (χ0n) is 7.40. The predicted molar refractivity (Wildman–Crippen MR) is 55.9 cm³/mol. The van der Waals surface area contributed by atoms with Gasteiger partial charge in [-0.05, 0) is 24.6 Å². The molecule has 0 aromatic heterocycles. The minimum atomic E-state index is -1.29. The van der Waals surface area contributed by atoms with Crippen molar-refractivity contribution in [2.75, 3.05) is 0 Å². The van der Waals surface area contributed by atoms with Crippen LogP contribution in [0.4, 0.5) is 0 Å². The van der Waals surface area contributed by atoms with E-state index in [4.69, 9.17) is 0 Å². The first-order valence-electron chi connectivity index (χ1n) is 4.20. The summed E-state index contributed by atoms with van der Waals surface area (Å²) in [6.45, 7) is 2.04. The summed E-state index contributed by atoms with van der Waals surface area (Å²) in [5, 5.41) is 0.952. The smallest absolute Gasteiger partial charge is 0.0620 e. The summed E-state index contributed by atoms with van der Waals surface area (Å²) in [5.41, 5.74) is 2.29. The van der Waals surface area contributed by atoms with E-state index in [1.807, 2.05) is 43.3 Å². The molecule has 0 aliphatic carbocycles. The van der Waals surface area contributed by atoms with E-state index in [-0.39, 0.29) is 0 Å². The minimum absolute atomic E-state index is 0.952. The molecule has 0 radical (unpaired) electrons. The maximum Gasteiger partial charge on any atom is 0.408 e. The quantitative estimate of drug-likeness (QED) is 0.615. The average molecular weight is 189 g/mol. The molecule has 64 valence electrons. The molecule has 2 rings (SSSR count). The molecule has 0 saturated heterocycles. The maximum atomic E-state index is 11.5. The van der Waals surface area contributed by atoms with Crippen molar-refractivity contribution < 1.29 is 4.57 Å². The van der Waals surface area contributed by atoms with Gasteiger partial charge < -0.3 is 0 Å². The standard InChI is InChI=1S/C11H10OP/c1-9-5-2-3-6-10(9)11-7-4-8-13(11)12/h2-8H,1H3/q+1. The number of aryl methyl sites for hydroxylation is 1. The van der Waals surface area contributed by atoms with Crippen LogP contribution in [-0.2, 0) is 4.57 Å². The molecule has 1 aromatic rings. The molecule has 1 nitrogen and oxygen atoms in total. The van der Waals surface area contributed by atoms with Crippen LogP contribution in [-0.4, -0.2) is 0 Å². The van der Waals surface area contributed by atoms with E-state index in [1.54, 1.807) is 5.82 Å². The van der Waals surface area contributed by atoms with Gasteiger partial charge in [0, 0.05) is 5.56 Å². The molecule has 1 unspecified atom stereocenters. The Labute approximate surface area is 78.6 Å². The van der Waals surface area contributed by atoms with Crippen LogP contribution in [0.2, 0.25) is 0 Å².